The van der Waals surface area contributed by atoms with Crippen LogP contribution in [0.25, 0.3) is 10.8 Å². The average molecular weight is 493 g/mol. The zero-order valence-corrected chi connectivity index (χ0v) is 19.1. The Morgan fingerprint density at radius 3 is 2.11 bits per heavy atom. The summed E-state index contributed by atoms with van der Waals surface area (Å²) in [6.07, 6.45) is 0. The molecule has 0 aromatic heterocycles. The number of fused-ring (bicyclic) bond motifs is 1. The quantitative estimate of drug-likeness (QED) is 0.132. The van der Waals surface area contributed by atoms with E-state index >= 15 is 0 Å². The minimum absolute atomic E-state index is 0.0257. The standard InChI is InChI=1S/C23H20N6O5S/c1-12-8-19(20(30)11-18(12)27-26-16-6-4-14(24)5-7-16)28-29-22-21(35(32,33)34)9-13-2-3-15(25)10-17(13)23(22)31/h2-11,30-31H,24-25H2,1H3,(H,32,33,34). The maximum atomic E-state index is 11.9. The summed E-state index contributed by atoms with van der Waals surface area (Å²) in [6, 6.07) is 15.1. The second-order valence-corrected chi connectivity index (χ2v) is 9.04. The molecule has 0 aliphatic heterocycles. The summed E-state index contributed by atoms with van der Waals surface area (Å²) < 4.78 is 33.5. The van der Waals surface area contributed by atoms with Crippen molar-refractivity contribution in [3.05, 3.63) is 66.2 Å². The van der Waals surface area contributed by atoms with Gasteiger partial charge in [0.05, 0.1) is 11.4 Å². The van der Waals surface area contributed by atoms with E-state index in [1.54, 1.807) is 31.2 Å². The number of nitrogens with zero attached hydrogens (tertiary/aromatic N) is 4. The van der Waals surface area contributed by atoms with Gasteiger partial charge in [0.25, 0.3) is 10.1 Å². The third-order valence-corrected chi connectivity index (χ3v) is 5.94. The van der Waals surface area contributed by atoms with E-state index in [-0.39, 0.29) is 16.8 Å². The Labute approximate surface area is 199 Å². The first kappa shape index (κ1) is 23.6. The Morgan fingerprint density at radius 2 is 1.43 bits per heavy atom. The number of nitrogen functional groups attached to an aromatic ring is 2. The lowest BCUT2D eigenvalue weighted by molar-refractivity contribution is 0.471. The summed E-state index contributed by atoms with van der Waals surface area (Å²) in [4.78, 5) is -0.652. The summed E-state index contributed by atoms with van der Waals surface area (Å²) in [7, 11) is -4.77. The van der Waals surface area contributed by atoms with Gasteiger partial charge in [-0.05, 0) is 66.4 Å². The van der Waals surface area contributed by atoms with Gasteiger partial charge in [0, 0.05) is 22.8 Å². The summed E-state index contributed by atoms with van der Waals surface area (Å²) in [5, 5.41) is 37.6. The van der Waals surface area contributed by atoms with E-state index in [0.29, 0.717) is 33.7 Å². The molecule has 0 fully saturated rings. The second kappa shape index (κ2) is 9.00. The number of anilines is 2. The van der Waals surface area contributed by atoms with E-state index < -0.39 is 26.5 Å². The largest absolute Gasteiger partial charge is 0.506 e. The smallest absolute Gasteiger partial charge is 0.296 e. The van der Waals surface area contributed by atoms with Crippen LogP contribution >= 0.6 is 0 Å². The van der Waals surface area contributed by atoms with E-state index in [9.17, 15) is 23.2 Å². The Bertz CT molecular complexity index is 1620. The number of hydrogen-bond acceptors (Lipinski definition) is 10. The van der Waals surface area contributed by atoms with Gasteiger partial charge in [-0.25, -0.2) is 0 Å². The lowest BCUT2D eigenvalue weighted by atomic mass is 10.1. The molecule has 0 spiro atoms. The maximum absolute atomic E-state index is 11.9. The minimum Gasteiger partial charge on any atom is -0.506 e. The molecule has 0 unspecified atom stereocenters. The molecule has 0 heterocycles. The van der Waals surface area contributed by atoms with E-state index in [1.165, 1.54) is 30.3 Å². The van der Waals surface area contributed by atoms with Gasteiger partial charge in [0.2, 0.25) is 0 Å². The van der Waals surface area contributed by atoms with Gasteiger partial charge in [-0.2, -0.15) is 18.6 Å². The average Bonchev–Trinajstić information content (AvgIpc) is 2.80. The molecular formula is C23H20N6O5S. The highest BCUT2D eigenvalue weighted by atomic mass is 32.2. The fourth-order valence-corrected chi connectivity index (χ4v) is 3.92. The van der Waals surface area contributed by atoms with Gasteiger partial charge >= 0.3 is 0 Å². The summed E-state index contributed by atoms with van der Waals surface area (Å²) >= 11 is 0. The maximum Gasteiger partial charge on any atom is 0.296 e. The molecule has 0 radical (unpaired) electrons. The predicted octanol–water partition coefficient (Wildman–Crippen LogP) is 5.80. The molecule has 11 nitrogen and oxygen atoms in total. The first-order valence-electron chi connectivity index (χ1n) is 10.1. The van der Waals surface area contributed by atoms with Crippen LogP contribution in [0.2, 0.25) is 0 Å². The lowest BCUT2D eigenvalue weighted by Gasteiger charge is -2.09. The van der Waals surface area contributed by atoms with Crippen molar-refractivity contribution in [2.24, 2.45) is 20.5 Å². The van der Waals surface area contributed by atoms with Crippen LogP contribution in [-0.2, 0) is 10.1 Å². The summed E-state index contributed by atoms with van der Waals surface area (Å²) in [5.74, 6) is -0.861. The van der Waals surface area contributed by atoms with Crippen molar-refractivity contribution in [2.45, 2.75) is 11.8 Å². The van der Waals surface area contributed by atoms with E-state index in [1.807, 2.05) is 0 Å². The van der Waals surface area contributed by atoms with Crippen LogP contribution in [0.4, 0.5) is 34.1 Å². The van der Waals surface area contributed by atoms with Crippen molar-refractivity contribution >= 4 is 55.0 Å². The molecule has 4 aromatic carbocycles. The zero-order chi connectivity index (χ0) is 25.3. The van der Waals surface area contributed by atoms with Crippen molar-refractivity contribution in [1.82, 2.24) is 0 Å². The van der Waals surface area contributed by atoms with Crippen molar-refractivity contribution in [2.75, 3.05) is 11.5 Å². The van der Waals surface area contributed by atoms with E-state index in [2.05, 4.69) is 20.5 Å². The minimum atomic E-state index is -4.77. The van der Waals surface area contributed by atoms with Gasteiger partial charge < -0.3 is 21.7 Å². The van der Waals surface area contributed by atoms with Crippen LogP contribution < -0.4 is 11.5 Å². The Morgan fingerprint density at radius 1 is 0.771 bits per heavy atom. The van der Waals surface area contributed by atoms with Gasteiger partial charge in [-0.15, -0.1) is 10.2 Å². The molecule has 4 aromatic rings. The van der Waals surface area contributed by atoms with Crippen LogP contribution in [-0.4, -0.2) is 23.2 Å². The number of aryl methyl sites for hydroxylation is 1. The molecule has 0 aliphatic carbocycles. The van der Waals surface area contributed by atoms with Gasteiger partial charge in [-0.3, -0.25) is 4.55 Å². The molecule has 12 heteroatoms. The highest BCUT2D eigenvalue weighted by Crippen LogP contribution is 2.43. The van der Waals surface area contributed by atoms with Crippen LogP contribution in [0.15, 0.2) is 86.0 Å². The molecule has 0 bridgehead atoms. The Kier molecular flexibility index (Phi) is 6.07. The van der Waals surface area contributed by atoms with Crippen LogP contribution in [0.3, 0.4) is 0 Å². The zero-order valence-electron chi connectivity index (χ0n) is 18.3. The topological polar surface area (TPSA) is 196 Å². The molecule has 4 rings (SSSR count). The number of hydrogen-bond donors (Lipinski definition) is 5. The SMILES string of the molecule is Cc1cc(N=Nc2c(S(=O)(=O)O)cc3ccc(N)cc3c2O)c(O)cc1N=Nc1ccc(N)cc1. The fourth-order valence-electron chi connectivity index (χ4n) is 3.27. The molecule has 35 heavy (non-hydrogen) atoms. The van der Waals surface area contributed by atoms with Crippen LogP contribution in [0.5, 0.6) is 11.5 Å². The number of nitrogens with two attached hydrogens (primary N) is 2. The third kappa shape index (κ3) is 5.03. The van der Waals surface area contributed by atoms with Crippen LogP contribution in [0, 0.1) is 6.92 Å². The number of phenolic OH excluding ortho intramolecular Hbond substituents is 2. The van der Waals surface area contributed by atoms with Crippen LogP contribution in [0.1, 0.15) is 5.56 Å². The second-order valence-electron chi connectivity index (χ2n) is 7.65. The van der Waals surface area contributed by atoms with Gasteiger partial charge in [0.1, 0.15) is 22.0 Å². The molecule has 0 saturated heterocycles. The number of aromatic hydroxyl groups is 2. The molecule has 7 N–H and O–H groups in total. The highest BCUT2D eigenvalue weighted by Gasteiger charge is 2.22. The highest BCUT2D eigenvalue weighted by molar-refractivity contribution is 7.86. The number of benzene rings is 4. The fraction of sp³-hybridized carbons (Fsp3) is 0.0435. The molecule has 0 atom stereocenters. The van der Waals surface area contributed by atoms with Crippen molar-refractivity contribution in [3.8, 4) is 11.5 Å². The predicted molar refractivity (Wildman–Crippen MR) is 132 cm³/mol. The molecule has 0 saturated carbocycles. The van der Waals surface area contributed by atoms with E-state index in [0.717, 1.165) is 6.07 Å². The molecule has 178 valence electrons. The molecule has 0 amide bonds. The first-order valence-corrected chi connectivity index (χ1v) is 11.5. The third-order valence-electron chi connectivity index (χ3n) is 5.07. The van der Waals surface area contributed by atoms with Gasteiger partial charge in [-0.1, -0.05) is 6.07 Å². The number of azo groups is 2. The molecular weight excluding hydrogens is 472 g/mol. The normalized spacial score (nSPS) is 12.2. The van der Waals surface area contributed by atoms with Gasteiger partial charge in [0.15, 0.2) is 5.75 Å². The van der Waals surface area contributed by atoms with E-state index in [4.69, 9.17) is 11.5 Å². The number of rotatable bonds is 5. The molecule has 0 aliphatic rings. The Balaban J connectivity index is 1.74. The lowest BCUT2D eigenvalue weighted by Crippen LogP contribution is -1.99. The first-order chi connectivity index (χ1) is 16.5. The Hall–Kier alpha value is -4.55. The monoisotopic (exact) mass is 492 g/mol. The number of phenols is 2. The summed E-state index contributed by atoms with van der Waals surface area (Å²) in [5.41, 5.74) is 13.3. The van der Waals surface area contributed by atoms with Crippen molar-refractivity contribution < 1.29 is 23.2 Å². The van der Waals surface area contributed by atoms with Crippen molar-refractivity contribution in [3.63, 3.8) is 0 Å². The summed E-state index contributed by atoms with van der Waals surface area (Å²) in [6.45, 7) is 1.70. The van der Waals surface area contributed by atoms with Crippen molar-refractivity contribution in [1.29, 1.82) is 0 Å².